The Morgan fingerprint density at radius 2 is 1.78 bits per heavy atom. The van der Waals surface area contributed by atoms with Gasteiger partial charge in [0.1, 0.15) is 0 Å². The Hall–Kier alpha value is -1.93. The number of carbonyl (C=O) groups excluding carboxylic acids is 2. The predicted octanol–water partition coefficient (Wildman–Crippen LogP) is 1.34. The minimum absolute atomic E-state index is 0.0717. The number of sulfonamides is 1. The maximum Gasteiger partial charge on any atom is 0.309 e. The number of benzene rings is 1. The molecule has 7 nitrogen and oxygen atoms in total. The first-order chi connectivity index (χ1) is 12.7. The van der Waals surface area contributed by atoms with E-state index in [1.54, 1.807) is 24.0 Å². The number of piperazine rings is 1. The highest BCUT2D eigenvalue weighted by atomic mass is 32.2. The zero-order valence-corrected chi connectivity index (χ0v) is 16.8. The van der Waals surface area contributed by atoms with Crippen molar-refractivity contribution in [2.45, 2.75) is 32.1 Å². The van der Waals surface area contributed by atoms with Crippen LogP contribution in [0.15, 0.2) is 23.1 Å². The van der Waals surface area contributed by atoms with Gasteiger partial charge in [0.2, 0.25) is 10.0 Å². The van der Waals surface area contributed by atoms with Gasteiger partial charge in [-0.15, -0.1) is 0 Å². The smallest absolute Gasteiger partial charge is 0.309 e. The van der Waals surface area contributed by atoms with Crippen LogP contribution in [0, 0.1) is 25.7 Å². The number of carbonyl (C=O) groups is 2. The van der Waals surface area contributed by atoms with E-state index in [4.69, 9.17) is 4.74 Å². The second kappa shape index (κ2) is 7.59. The lowest BCUT2D eigenvalue weighted by molar-refractivity contribution is -0.153. The summed E-state index contributed by atoms with van der Waals surface area (Å²) in [7, 11) is -3.58. The molecule has 0 aromatic heterocycles. The summed E-state index contributed by atoms with van der Waals surface area (Å²) < 4.78 is 32.2. The van der Waals surface area contributed by atoms with Gasteiger partial charge in [0.05, 0.1) is 10.8 Å². The molecule has 0 spiro atoms. The lowest BCUT2D eigenvalue weighted by Gasteiger charge is -2.34. The van der Waals surface area contributed by atoms with Crippen LogP contribution in [0.2, 0.25) is 0 Å². The summed E-state index contributed by atoms with van der Waals surface area (Å²) in [5, 5.41) is 0. The quantitative estimate of drug-likeness (QED) is 0.704. The summed E-state index contributed by atoms with van der Waals surface area (Å²) in [6, 6.07) is 5.27. The third-order valence-corrected chi connectivity index (χ3v) is 7.35. The first kappa shape index (κ1) is 19.8. The molecule has 1 aromatic rings. The maximum absolute atomic E-state index is 12.9. The van der Waals surface area contributed by atoms with Crippen molar-refractivity contribution in [3.63, 3.8) is 0 Å². The molecule has 1 saturated heterocycles. The summed E-state index contributed by atoms with van der Waals surface area (Å²) in [6.45, 7) is 6.46. The molecule has 1 heterocycles. The molecule has 148 valence electrons. The van der Waals surface area contributed by atoms with E-state index in [-0.39, 0.29) is 37.5 Å². The number of amides is 1. The highest BCUT2D eigenvalue weighted by molar-refractivity contribution is 7.89. The van der Waals surface area contributed by atoms with Crippen LogP contribution in [0.4, 0.5) is 0 Å². The Kier molecular flexibility index (Phi) is 5.58. The van der Waals surface area contributed by atoms with Crippen molar-refractivity contribution in [2.75, 3.05) is 32.8 Å². The Labute approximate surface area is 160 Å². The molecule has 1 saturated carbocycles. The van der Waals surface area contributed by atoms with Crippen LogP contribution in [0.5, 0.6) is 0 Å². The Morgan fingerprint density at radius 1 is 1.15 bits per heavy atom. The maximum atomic E-state index is 12.9. The van der Waals surface area contributed by atoms with Crippen molar-refractivity contribution in [1.29, 1.82) is 0 Å². The van der Waals surface area contributed by atoms with Crippen LogP contribution in [-0.2, 0) is 24.3 Å². The summed E-state index contributed by atoms with van der Waals surface area (Å²) in [4.78, 5) is 25.8. The summed E-state index contributed by atoms with van der Waals surface area (Å²) in [6.07, 6.45) is 0.821. The minimum Gasteiger partial charge on any atom is -0.455 e. The average molecular weight is 394 g/mol. The molecule has 0 N–H and O–H groups in total. The van der Waals surface area contributed by atoms with E-state index >= 15 is 0 Å². The molecule has 1 aliphatic carbocycles. The van der Waals surface area contributed by atoms with Gasteiger partial charge in [0.15, 0.2) is 6.61 Å². The van der Waals surface area contributed by atoms with Crippen molar-refractivity contribution in [1.82, 2.24) is 9.21 Å². The summed E-state index contributed by atoms with van der Waals surface area (Å²) in [5.74, 6) is -0.323. The molecular weight excluding hydrogens is 368 g/mol. The van der Waals surface area contributed by atoms with Crippen molar-refractivity contribution < 1.29 is 22.7 Å². The Balaban J connectivity index is 1.54. The Morgan fingerprint density at radius 3 is 2.33 bits per heavy atom. The van der Waals surface area contributed by atoms with Crippen LogP contribution >= 0.6 is 0 Å². The normalized spacial score (nSPS) is 23.1. The van der Waals surface area contributed by atoms with Gasteiger partial charge < -0.3 is 9.64 Å². The number of nitrogens with zero attached hydrogens (tertiary/aromatic N) is 2. The fraction of sp³-hybridized carbons (Fsp3) is 0.579. The molecule has 3 rings (SSSR count). The van der Waals surface area contributed by atoms with Gasteiger partial charge in [-0.2, -0.15) is 4.31 Å². The number of hydrogen-bond donors (Lipinski definition) is 0. The van der Waals surface area contributed by atoms with Crippen LogP contribution in [0.3, 0.4) is 0 Å². The van der Waals surface area contributed by atoms with Crippen molar-refractivity contribution in [2.24, 2.45) is 11.8 Å². The first-order valence-corrected chi connectivity index (χ1v) is 10.7. The molecule has 0 bridgehead atoms. The molecule has 2 fully saturated rings. The third-order valence-electron chi connectivity index (χ3n) is 5.29. The van der Waals surface area contributed by atoms with Crippen LogP contribution in [-0.4, -0.2) is 62.3 Å². The number of hydrogen-bond acceptors (Lipinski definition) is 5. The molecule has 0 unspecified atom stereocenters. The second-order valence-corrected chi connectivity index (χ2v) is 9.39. The van der Waals surface area contributed by atoms with E-state index in [9.17, 15) is 18.0 Å². The van der Waals surface area contributed by atoms with Gasteiger partial charge in [0.25, 0.3) is 5.91 Å². The van der Waals surface area contributed by atoms with Gasteiger partial charge in [-0.3, -0.25) is 9.59 Å². The fourth-order valence-corrected chi connectivity index (χ4v) is 5.02. The monoisotopic (exact) mass is 394 g/mol. The van der Waals surface area contributed by atoms with Gasteiger partial charge in [0, 0.05) is 26.2 Å². The van der Waals surface area contributed by atoms with Gasteiger partial charge in [-0.1, -0.05) is 24.6 Å². The number of esters is 1. The van der Waals surface area contributed by atoms with Crippen molar-refractivity contribution >= 4 is 21.9 Å². The molecular formula is C19H26N2O5S. The minimum atomic E-state index is -3.58. The third kappa shape index (κ3) is 4.32. The molecule has 1 amide bonds. The van der Waals surface area contributed by atoms with Gasteiger partial charge in [-0.05, 0) is 37.8 Å². The Bertz CT molecular complexity index is 844. The SMILES string of the molecule is Cc1ccc(S(=O)(=O)N2CCN(C(=O)COC(=O)[C@@H]3C[C@@H]3C)CC2)c(C)c1. The van der Waals surface area contributed by atoms with E-state index in [2.05, 4.69) is 0 Å². The van der Waals surface area contributed by atoms with Crippen LogP contribution < -0.4 is 0 Å². The molecule has 1 aliphatic heterocycles. The van der Waals surface area contributed by atoms with E-state index in [0.717, 1.165) is 17.5 Å². The molecule has 8 heteroatoms. The predicted molar refractivity (Wildman–Crippen MR) is 99.5 cm³/mol. The second-order valence-electron chi connectivity index (χ2n) is 7.48. The highest BCUT2D eigenvalue weighted by Crippen LogP contribution is 2.38. The lowest BCUT2D eigenvalue weighted by Crippen LogP contribution is -2.51. The zero-order chi connectivity index (χ0) is 19.8. The van der Waals surface area contributed by atoms with Crippen molar-refractivity contribution in [3.8, 4) is 0 Å². The fourth-order valence-electron chi connectivity index (χ4n) is 3.39. The molecule has 2 aliphatic rings. The molecule has 27 heavy (non-hydrogen) atoms. The molecule has 2 atom stereocenters. The van der Waals surface area contributed by atoms with Crippen LogP contribution in [0.1, 0.15) is 24.5 Å². The number of aryl methyl sites for hydroxylation is 2. The van der Waals surface area contributed by atoms with Gasteiger partial charge in [-0.25, -0.2) is 8.42 Å². The molecule has 1 aromatic carbocycles. The summed E-state index contributed by atoms with van der Waals surface area (Å²) in [5.41, 5.74) is 1.73. The lowest BCUT2D eigenvalue weighted by atomic mass is 10.2. The standard InChI is InChI=1S/C19H26N2O5S/c1-13-4-5-17(15(3)10-13)27(24,25)21-8-6-20(7-9-21)18(22)12-26-19(23)16-11-14(16)2/h4-5,10,14,16H,6-9,11-12H2,1-3H3/t14-,16+/m0/s1. The van der Waals surface area contributed by atoms with E-state index in [1.165, 1.54) is 4.31 Å². The average Bonchev–Trinajstić information content (AvgIpc) is 3.36. The first-order valence-electron chi connectivity index (χ1n) is 9.22. The largest absolute Gasteiger partial charge is 0.455 e. The van der Waals surface area contributed by atoms with Gasteiger partial charge >= 0.3 is 5.97 Å². The number of ether oxygens (including phenoxy) is 1. The van der Waals surface area contributed by atoms with Crippen LogP contribution in [0.25, 0.3) is 0 Å². The highest BCUT2D eigenvalue weighted by Gasteiger charge is 2.41. The topological polar surface area (TPSA) is 84.0 Å². The number of rotatable bonds is 5. The van der Waals surface area contributed by atoms with E-state index in [0.29, 0.717) is 23.9 Å². The van der Waals surface area contributed by atoms with E-state index in [1.807, 2.05) is 19.9 Å². The van der Waals surface area contributed by atoms with Crippen molar-refractivity contribution in [3.05, 3.63) is 29.3 Å². The van der Waals surface area contributed by atoms with E-state index < -0.39 is 10.0 Å². The molecule has 0 radical (unpaired) electrons. The summed E-state index contributed by atoms with van der Waals surface area (Å²) >= 11 is 0. The zero-order valence-electron chi connectivity index (χ0n) is 16.0.